The summed E-state index contributed by atoms with van der Waals surface area (Å²) in [6, 6.07) is 5.40. The van der Waals surface area contributed by atoms with E-state index in [4.69, 9.17) is 0 Å². The predicted molar refractivity (Wildman–Crippen MR) is 68.8 cm³/mol. The van der Waals surface area contributed by atoms with Crippen molar-refractivity contribution in [2.75, 3.05) is 12.0 Å². The smallest absolute Gasteiger partial charge is 0.124 e. The fourth-order valence-corrected chi connectivity index (χ4v) is 2.44. The molecule has 15 heavy (non-hydrogen) atoms. The van der Waals surface area contributed by atoms with Crippen molar-refractivity contribution in [3.05, 3.63) is 34.1 Å². The Morgan fingerprint density at radius 2 is 2.20 bits per heavy atom. The van der Waals surface area contributed by atoms with Crippen LogP contribution in [0.15, 0.2) is 22.7 Å². The van der Waals surface area contributed by atoms with Crippen molar-refractivity contribution in [3.63, 3.8) is 0 Å². The second-order valence-electron chi connectivity index (χ2n) is 3.51. The Labute approximate surface area is 103 Å². The molecule has 4 heteroatoms. The molecule has 1 nitrogen and oxygen atoms in total. The van der Waals surface area contributed by atoms with E-state index < -0.39 is 0 Å². The van der Waals surface area contributed by atoms with Crippen LogP contribution in [0.1, 0.15) is 12.5 Å². The first-order valence-corrected chi connectivity index (χ1v) is 6.98. The SMILES string of the molecule is CSCC(C)NCc1cc(F)cc(Br)c1. The van der Waals surface area contributed by atoms with E-state index in [0.717, 1.165) is 15.8 Å². The van der Waals surface area contributed by atoms with Gasteiger partial charge in [0, 0.05) is 22.8 Å². The third-order valence-electron chi connectivity index (χ3n) is 1.99. The maximum absolute atomic E-state index is 13.0. The molecule has 1 atom stereocenters. The predicted octanol–water partition coefficient (Wildman–Crippen LogP) is 3.43. The number of hydrogen-bond donors (Lipinski definition) is 1. The number of thioether (sulfide) groups is 1. The molecule has 0 bridgehead atoms. The first kappa shape index (κ1) is 13.0. The molecule has 0 radical (unpaired) electrons. The summed E-state index contributed by atoms with van der Waals surface area (Å²) in [5, 5.41) is 3.35. The molecule has 84 valence electrons. The fraction of sp³-hybridized carbons (Fsp3) is 0.455. The van der Waals surface area contributed by atoms with Crippen molar-refractivity contribution < 1.29 is 4.39 Å². The summed E-state index contributed by atoms with van der Waals surface area (Å²) in [6.45, 7) is 2.84. The van der Waals surface area contributed by atoms with Crippen LogP contribution in [0.2, 0.25) is 0 Å². The van der Waals surface area contributed by atoms with Crippen LogP contribution in [-0.4, -0.2) is 18.1 Å². The zero-order chi connectivity index (χ0) is 11.3. The average molecular weight is 292 g/mol. The summed E-state index contributed by atoms with van der Waals surface area (Å²) in [7, 11) is 0. The lowest BCUT2D eigenvalue weighted by Crippen LogP contribution is -2.27. The Kier molecular flexibility index (Phi) is 5.64. The molecule has 1 aromatic rings. The minimum absolute atomic E-state index is 0.196. The van der Waals surface area contributed by atoms with E-state index >= 15 is 0 Å². The fourth-order valence-electron chi connectivity index (χ4n) is 1.31. The summed E-state index contributed by atoms with van der Waals surface area (Å²) < 4.78 is 13.8. The van der Waals surface area contributed by atoms with Gasteiger partial charge in [-0.15, -0.1) is 0 Å². The molecule has 0 aromatic heterocycles. The van der Waals surface area contributed by atoms with Crippen molar-refractivity contribution in [1.82, 2.24) is 5.32 Å². The van der Waals surface area contributed by atoms with Crippen molar-refractivity contribution in [3.8, 4) is 0 Å². The van der Waals surface area contributed by atoms with Crippen LogP contribution in [0.5, 0.6) is 0 Å². The molecule has 0 amide bonds. The standard InChI is InChI=1S/C11H15BrFNS/c1-8(7-15-2)14-6-9-3-10(12)5-11(13)4-9/h3-5,8,14H,6-7H2,1-2H3. The molecule has 1 N–H and O–H groups in total. The zero-order valence-electron chi connectivity index (χ0n) is 8.89. The summed E-state index contributed by atoms with van der Waals surface area (Å²) in [4.78, 5) is 0. The molecular weight excluding hydrogens is 277 g/mol. The van der Waals surface area contributed by atoms with Gasteiger partial charge in [-0.05, 0) is 36.9 Å². The van der Waals surface area contributed by atoms with Gasteiger partial charge in [0.05, 0.1) is 0 Å². The van der Waals surface area contributed by atoms with E-state index in [0.29, 0.717) is 12.6 Å². The van der Waals surface area contributed by atoms with Crippen molar-refractivity contribution in [2.24, 2.45) is 0 Å². The van der Waals surface area contributed by atoms with Gasteiger partial charge in [-0.1, -0.05) is 15.9 Å². The third kappa shape index (κ3) is 5.00. The van der Waals surface area contributed by atoms with Crippen LogP contribution >= 0.6 is 27.7 Å². The molecule has 0 aliphatic carbocycles. The Hall–Kier alpha value is -0.0600. The Morgan fingerprint density at radius 1 is 1.47 bits per heavy atom. The highest BCUT2D eigenvalue weighted by Crippen LogP contribution is 2.14. The van der Waals surface area contributed by atoms with E-state index in [9.17, 15) is 4.39 Å². The van der Waals surface area contributed by atoms with Crippen LogP contribution < -0.4 is 5.32 Å². The first-order valence-electron chi connectivity index (χ1n) is 4.79. The maximum Gasteiger partial charge on any atom is 0.124 e. The number of rotatable bonds is 5. The van der Waals surface area contributed by atoms with Crippen LogP contribution in [0.25, 0.3) is 0 Å². The number of hydrogen-bond acceptors (Lipinski definition) is 2. The number of nitrogens with one attached hydrogen (secondary N) is 1. The lowest BCUT2D eigenvalue weighted by Gasteiger charge is -2.12. The molecular formula is C11H15BrFNS. The molecule has 0 aliphatic rings. The van der Waals surface area contributed by atoms with Crippen molar-refractivity contribution in [2.45, 2.75) is 19.5 Å². The second-order valence-corrected chi connectivity index (χ2v) is 5.34. The molecule has 0 saturated carbocycles. The van der Waals surface area contributed by atoms with Gasteiger partial charge in [0.15, 0.2) is 0 Å². The molecule has 0 spiro atoms. The maximum atomic E-state index is 13.0. The van der Waals surface area contributed by atoms with E-state index in [1.807, 2.05) is 6.07 Å². The normalized spacial score (nSPS) is 12.8. The summed E-state index contributed by atoms with van der Waals surface area (Å²) in [5.74, 6) is 0.870. The van der Waals surface area contributed by atoms with Gasteiger partial charge in [-0.3, -0.25) is 0 Å². The van der Waals surface area contributed by atoms with Crippen LogP contribution in [0.4, 0.5) is 4.39 Å². The topological polar surface area (TPSA) is 12.0 Å². The Balaban J connectivity index is 2.50. The summed E-state index contributed by atoms with van der Waals surface area (Å²) >= 11 is 5.08. The van der Waals surface area contributed by atoms with Crippen molar-refractivity contribution >= 4 is 27.7 Å². The second kappa shape index (κ2) is 6.51. The molecule has 1 unspecified atom stereocenters. The van der Waals surface area contributed by atoms with E-state index in [1.165, 1.54) is 6.07 Å². The van der Waals surface area contributed by atoms with Crippen LogP contribution in [-0.2, 0) is 6.54 Å². The lowest BCUT2D eigenvalue weighted by molar-refractivity contribution is 0.587. The van der Waals surface area contributed by atoms with Crippen LogP contribution in [0, 0.1) is 5.82 Å². The lowest BCUT2D eigenvalue weighted by atomic mass is 10.2. The molecule has 0 aliphatic heterocycles. The highest BCUT2D eigenvalue weighted by molar-refractivity contribution is 9.10. The van der Waals surface area contributed by atoms with Gasteiger partial charge in [0.2, 0.25) is 0 Å². The first-order chi connectivity index (χ1) is 7.11. The van der Waals surface area contributed by atoms with Gasteiger partial charge in [0.1, 0.15) is 5.82 Å². The summed E-state index contributed by atoms with van der Waals surface area (Å²) in [5.41, 5.74) is 0.967. The van der Waals surface area contributed by atoms with Gasteiger partial charge in [-0.2, -0.15) is 11.8 Å². The molecule has 0 heterocycles. The largest absolute Gasteiger partial charge is 0.309 e. The molecule has 0 saturated heterocycles. The number of benzene rings is 1. The Morgan fingerprint density at radius 3 is 2.80 bits per heavy atom. The van der Waals surface area contributed by atoms with E-state index in [-0.39, 0.29) is 5.82 Å². The summed E-state index contributed by atoms with van der Waals surface area (Å²) in [6.07, 6.45) is 2.08. The monoisotopic (exact) mass is 291 g/mol. The highest BCUT2D eigenvalue weighted by Gasteiger charge is 2.02. The third-order valence-corrected chi connectivity index (χ3v) is 3.28. The number of halogens is 2. The van der Waals surface area contributed by atoms with Gasteiger partial charge in [0.25, 0.3) is 0 Å². The van der Waals surface area contributed by atoms with E-state index in [2.05, 4.69) is 34.4 Å². The highest BCUT2D eigenvalue weighted by atomic mass is 79.9. The minimum atomic E-state index is -0.196. The Bertz CT molecular complexity index is 299. The van der Waals surface area contributed by atoms with Crippen LogP contribution in [0.3, 0.4) is 0 Å². The van der Waals surface area contributed by atoms with E-state index in [1.54, 1.807) is 17.8 Å². The quantitative estimate of drug-likeness (QED) is 0.892. The molecule has 1 rings (SSSR count). The zero-order valence-corrected chi connectivity index (χ0v) is 11.3. The van der Waals surface area contributed by atoms with Gasteiger partial charge < -0.3 is 5.32 Å². The molecule has 0 fully saturated rings. The minimum Gasteiger partial charge on any atom is -0.309 e. The molecule has 1 aromatic carbocycles. The van der Waals surface area contributed by atoms with Crippen molar-refractivity contribution in [1.29, 1.82) is 0 Å². The average Bonchev–Trinajstić information content (AvgIpc) is 2.14. The van der Waals surface area contributed by atoms with Gasteiger partial charge >= 0.3 is 0 Å². The van der Waals surface area contributed by atoms with Gasteiger partial charge in [-0.25, -0.2) is 4.39 Å².